The molecular formula is C21H31N5O2. The first kappa shape index (κ1) is 20.2. The molecule has 1 aliphatic heterocycles. The first-order chi connectivity index (χ1) is 13.7. The van der Waals surface area contributed by atoms with Crippen LogP contribution in [0.5, 0.6) is 0 Å². The van der Waals surface area contributed by atoms with Gasteiger partial charge in [-0.25, -0.2) is 0 Å². The fraction of sp³-hybridized carbons (Fsp3) is 0.571. The molecule has 0 atom stereocenters. The van der Waals surface area contributed by atoms with Gasteiger partial charge in [0.1, 0.15) is 0 Å². The summed E-state index contributed by atoms with van der Waals surface area (Å²) in [4.78, 5) is 30.6. The topological polar surface area (TPSA) is 85.8 Å². The van der Waals surface area contributed by atoms with E-state index in [1.165, 1.54) is 5.56 Å². The predicted octanol–water partition coefficient (Wildman–Crippen LogP) is 1.44. The number of benzene rings is 1. The third-order valence-corrected chi connectivity index (χ3v) is 5.02. The molecule has 7 nitrogen and oxygen atoms in total. The number of nitrogens with zero attached hydrogens (tertiary/aromatic N) is 2. The average molecular weight is 386 g/mol. The van der Waals surface area contributed by atoms with Gasteiger partial charge in [-0.15, -0.1) is 0 Å². The molecule has 7 heteroatoms. The highest BCUT2D eigenvalue weighted by atomic mass is 16.2. The van der Waals surface area contributed by atoms with E-state index in [-0.39, 0.29) is 17.7 Å². The number of hydrogen-bond acceptors (Lipinski definition) is 3. The summed E-state index contributed by atoms with van der Waals surface area (Å²) in [5.41, 5.74) is 2.31. The van der Waals surface area contributed by atoms with Gasteiger partial charge in [0, 0.05) is 50.7 Å². The number of para-hydroxylation sites is 1. The molecule has 0 radical (unpaired) electrons. The second-order valence-corrected chi connectivity index (χ2v) is 7.28. The monoisotopic (exact) mass is 385 g/mol. The lowest BCUT2D eigenvalue weighted by Gasteiger charge is -2.17. The molecule has 1 aromatic rings. The van der Waals surface area contributed by atoms with Crippen LogP contribution in [0.15, 0.2) is 29.3 Å². The smallest absolute Gasteiger partial charge is 0.227 e. The van der Waals surface area contributed by atoms with Crippen molar-refractivity contribution in [2.45, 2.75) is 39.0 Å². The van der Waals surface area contributed by atoms with Crippen LogP contribution in [-0.2, 0) is 16.0 Å². The fourth-order valence-electron chi connectivity index (χ4n) is 3.35. The number of nitrogens with one attached hydrogen (secondary N) is 3. The lowest BCUT2D eigenvalue weighted by atomic mass is 10.2. The van der Waals surface area contributed by atoms with Gasteiger partial charge in [0.2, 0.25) is 11.8 Å². The summed E-state index contributed by atoms with van der Waals surface area (Å²) < 4.78 is 0. The van der Waals surface area contributed by atoms with Crippen molar-refractivity contribution in [2.24, 2.45) is 10.9 Å². The quantitative estimate of drug-likeness (QED) is 0.341. The van der Waals surface area contributed by atoms with Gasteiger partial charge >= 0.3 is 0 Å². The van der Waals surface area contributed by atoms with E-state index in [1.807, 2.05) is 30.0 Å². The van der Waals surface area contributed by atoms with E-state index in [4.69, 9.17) is 0 Å². The van der Waals surface area contributed by atoms with Crippen molar-refractivity contribution in [3.05, 3.63) is 29.8 Å². The number of anilines is 1. The van der Waals surface area contributed by atoms with Crippen LogP contribution in [0, 0.1) is 5.92 Å². The van der Waals surface area contributed by atoms with Gasteiger partial charge in [-0.3, -0.25) is 14.6 Å². The lowest BCUT2D eigenvalue weighted by Crippen LogP contribution is -2.41. The third kappa shape index (κ3) is 5.71. The Labute approximate surface area is 167 Å². The molecule has 28 heavy (non-hydrogen) atoms. The number of amides is 2. The Bertz CT molecular complexity index is 715. The summed E-state index contributed by atoms with van der Waals surface area (Å²) in [6, 6.07) is 8.12. The number of fused-ring (bicyclic) bond motifs is 1. The second-order valence-electron chi connectivity index (χ2n) is 7.28. The number of hydrogen-bond donors (Lipinski definition) is 3. The maximum atomic E-state index is 12.5. The molecule has 2 aliphatic rings. The SMILES string of the molecule is CCNC(=NCCCC(=O)N1CCc2ccccc21)NCCNC(=O)C1CC1. The van der Waals surface area contributed by atoms with Gasteiger partial charge < -0.3 is 20.9 Å². The standard InChI is InChI=1S/C21H31N5O2/c1-2-22-21(25-14-13-23-20(28)17-9-10-17)24-12-5-8-19(27)26-15-11-16-6-3-4-7-18(16)26/h3-4,6-7,17H,2,5,8-15H2,1H3,(H,23,28)(H2,22,24,25). The van der Waals surface area contributed by atoms with Crippen LogP contribution in [0.3, 0.4) is 0 Å². The van der Waals surface area contributed by atoms with E-state index < -0.39 is 0 Å². The first-order valence-corrected chi connectivity index (χ1v) is 10.4. The summed E-state index contributed by atoms with van der Waals surface area (Å²) >= 11 is 0. The Morgan fingerprint density at radius 2 is 1.93 bits per heavy atom. The van der Waals surface area contributed by atoms with Crippen molar-refractivity contribution in [1.29, 1.82) is 0 Å². The number of carbonyl (C=O) groups is 2. The average Bonchev–Trinajstić information content (AvgIpc) is 3.47. The maximum Gasteiger partial charge on any atom is 0.227 e. The molecular weight excluding hydrogens is 354 g/mol. The highest BCUT2D eigenvalue weighted by molar-refractivity contribution is 5.95. The van der Waals surface area contributed by atoms with Crippen molar-refractivity contribution in [1.82, 2.24) is 16.0 Å². The van der Waals surface area contributed by atoms with Crippen molar-refractivity contribution < 1.29 is 9.59 Å². The van der Waals surface area contributed by atoms with Crippen LogP contribution in [0.25, 0.3) is 0 Å². The number of aliphatic imine (C=N–C) groups is 1. The van der Waals surface area contributed by atoms with Gasteiger partial charge in [-0.05, 0) is 44.2 Å². The highest BCUT2D eigenvalue weighted by Gasteiger charge is 2.29. The zero-order chi connectivity index (χ0) is 19.8. The fourth-order valence-corrected chi connectivity index (χ4v) is 3.35. The van der Waals surface area contributed by atoms with E-state index in [9.17, 15) is 9.59 Å². The lowest BCUT2D eigenvalue weighted by molar-refractivity contribution is -0.122. The molecule has 2 amide bonds. The minimum absolute atomic E-state index is 0.158. The Kier molecular flexibility index (Phi) is 7.28. The molecule has 0 saturated heterocycles. The molecule has 1 fully saturated rings. The summed E-state index contributed by atoms with van der Waals surface area (Å²) in [6.07, 6.45) is 4.18. The van der Waals surface area contributed by atoms with E-state index in [1.54, 1.807) is 0 Å². The molecule has 3 rings (SSSR count). The molecule has 1 aliphatic carbocycles. The summed E-state index contributed by atoms with van der Waals surface area (Å²) in [6.45, 7) is 5.37. The molecule has 1 saturated carbocycles. The summed E-state index contributed by atoms with van der Waals surface area (Å²) in [5, 5.41) is 9.34. The molecule has 0 bridgehead atoms. The molecule has 1 heterocycles. The van der Waals surface area contributed by atoms with Crippen LogP contribution in [0.2, 0.25) is 0 Å². The van der Waals surface area contributed by atoms with Gasteiger partial charge in [0.15, 0.2) is 5.96 Å². The van der Waals surface area contributed by atoms with Gasteiger partial charge in [-0.2, -0.15) is 0 Å². The zero-order valence-electron chi connectivity index (χ0n) is 16.7. The van der Waals surface area contributed by atoms with E-state index in [2.05, 4.69) is 27.0 Å². The van der Waals surface area contributed by atoms with Crippen LogP contribution in [-0.4, -0.2) is 50.5 Å². The van der Waals surface area contributed by atoms with Crippen LogP contribution in [0.4, 0.5) is 5.69 Å². The van der Waals surface area contributed by atoms with Crippen molar-refractivity contribution >= 4 is 23.5 Å². The van der Waals surface area contributed by atoms with Crippen molar-refractivity contribution in [3.63, 3.8) is 0 Å². The minimum atomic E-state index is 0.158. The Balaban J connectivity index is 1.36. The van der Waals surface area contributed by atoms with Crippen LogP contribution >= 0.6 is 0 Å². The second kappa shape index (κ2) is 10.1. The predicted molar refractivity (Wildman–Crippen MR) is 111 cm³/mol. The maximum absolute atomic E-state index is 12.5. The molecule has 1 aromatic carbocycles. The Hall–Kier alpha value is -2.57. The normalized spacial score (nSPS) is 15.9. The van der Waals surface area contributed by atoms with E-state index in [0.29, 0.717) is 32.5 Å². The zero-order valence-corrected chi connectivity index (χ0v) is 16.7. The molecule has 0 spiro atoms. The molecule has 0 unspecified atom stereocenters. The largest absolute Gasteiger partial charge is 0.357 e. The van der Waals surface area contributed by atoms with Crippen LogP contribution < -0.4 is 20.9 Å². The molecule has 152 valence electrons. The van der Waals surface area contributed by atoms with Crippen LogP contribution in [0.1, 0.15) is 38.2 Å². The van der Waals surface area contributed by atoms with E-state index >= 15 is 0 Å². The van der Waals surface area contributed by atoms with Crippen molar-refractivity contribution in [3.8, 4) is 0 Å². The number of carbonyl (C=O) groups excluding carboxylic acids is 2. The highest BCUT2D eigenvalue weighted by Crippen LogP contribution is 2.29. The number of guanidine groups is 1. The van der Waals surface area contributed by atoms with E-state index in [0.717, 1.165) is 44.0 Å². The summed E-state index contributed by atoms with van der Waals surface area (Å²) in [7, 11) is 0. The Morgan fingerprint density at radius 1 is 1.14 bits per heavy atom. The van der Waals surface area contributed by atoms with Gasteiger partial charge in [0.05, 0.1) is 0 Å². The Morgan fingerprint density at radius 3 is 2.71 bits per heavy atom. The number of rotatable bonds is 9. The van der Waals surface area contributed by atoms with Gasteiger partial charge in [-0.1, -0.05) is 18.2 Å². The van der Waals surface area contributed by atoms with Gasteiger partial charge in [0.25, 0.3) is 0 Å². The minimum Gasteiger partial charge on any atom is -0.357 e. The first-order valence-electron chi connectivity index (χ1n) is 10.4. The third-order valence-electron chi connectivity index (χ3n) is 5.02. The molecule has 3 N–H and O–H groups in total. The molecule has 0 aromatic heterocycles. The van der Waals surface area contributed by atoms with Crippen molar-refractivity contribution in [2.75, 3.05) is 37.6 Å². The summed E-state index contributed by atoms with van der Waals surface area (Å²) in [5.74, 6) is 1.29.